The third kappa shape index (κ3) is 3.06. The molecule has 0 saturated heterocycles. The van der Waals surface area contributed by atoms with Crippen molar-refractivity contribution < 1.29 is 18.3 Å². The van der Waals surface area contributed by atoms with Gasteiger partial charge in [0.2, 0.25) is 0 Å². The molecule has 0 amide bonds. The summed E-state index contributed by atoms with van der Waals surface area (Å²) in [5.41, 5.74) is 0.137. The molecule has 2 N–H and O–H groups in total. The quantitative estimate of drug-likeness (QED) is 0.735. The molecule has 0 spiro atoms. The summed E-state index contributed by atoms with van der Waals surface area (Å²) >= 11 is 6.12. The smallest absolute Gasteiger partial charge is 0.335 e. The molecule has 0 aliphatic heterocycles. The van der Waals surface area contributed by atoms with Crippen molar-refractivity contribution in [1.29, 1.82) is 0 Å². The van der Waals surface area contributed by atoms with E-state index in [0.717, 1.165) is 5.39 Å². The average Bonchev–Trinajstić information content (AvgIpc) is 2.54. The van der Waals surface area contributed by atoms with Gasteiger partial charge >= 0.3 is 5.97 Å². The van der Waals surface area contributed by atoms with Crippen molar-refractivity contribution >= 4 is 44.1 Å². The van der Waals surface area contributed by atoms with Gasteiger partial charge in [-0.05, 0) is 29.7 Å². The number of carboxylic acid groups (broad SMARTS) is 1. The van der Waals surface area contributed by atoms with Crippen LogP contribution in [0.15, 0.2) is 65.6 Å². The van der Waals surface area contributed by atoms with Crippen molar-refractivity contribution in [2.45, 2.75) is 4.90 Å². The minimum Gasteiger partial charge on any atom is -0.478 e. The van der Waals surface area contributed by atoms with Crippen LogP contribution in [0.25, 0.3) is 10.8 Å². The summed E-state index contributed by atoms with van der Waals surface area (Å²) in [4.78, 5) is 11.0. The van der Waals surface area contributed by atoms with Crippen LogP contribution >= 0.6 is 11.6 Å². The van der Waals surface area contributed by atoms with Gasteiger partial charge in [0, 0.05) is 11.1 Å². The number of nitrogens with one attached hydrogen (secondary N) is 1. The molecule has 3 aromatic rings. The first kappa shape index (κ1) is 16.3. The molecule has 0 aliphatic carbocycles. The van der Waals surface area contributed by atoms with Crippen LogP contribution in [-0.2, 0) is 10.0 Å². The number of sulfonamides is 1. The molecule has 7 heteroatoms. The Kier molecular flexibility index (Phi) is 4.17. The molecule has 0 aromatic heterocycles. The molecule has 0 saturated carbocycles. The highest BCUT2D eigenvalue weighted by atomic mass is 35.5. The zero-order valence-corrected chi connectivity index (χ0v) is 13.8. The number of rotatable bonds is 4. The summed E-state index contributed by atoms with van der Waals surface area (Å²) in [7, 11) is -3.99. The van der Waals surface area contributed by atoms with E-state index in [4.69, 9.17) is 16.7 Å². The van der Waals surface area contributed by atoms with E-state index in [-0.39, 0.29) is 21.2 Å². The predicted molar refractivity (Wildman–Crippen MR) is 93.2 cm³/mol. The second kappa shape index (κ2) is 6.14. The van der Waals surface area contributed by atoms with Crippen molar-refractivity contribution in [3.63, 3.8) is 0 Å². The molecule has 0 fully saturated rings. The first-order chi connectivity index (χ1) is 11.4. The molecule has 0 atom stereocenters. The van der Waals surface area contributed by atoms with Crippen molar-refractivity contribution in [2.24, 2.45) is 0 Å². The maximum absolute atomic E-state index is 12.8. The maximum atomic E-state index is 12.8. The second-order valence-electron chi connectivity index (χ2n) is 5.09. The fourth-order valence-electron chi connectivity index (χ4n) is 2.41. The van der Waals surface area contributed by atoms with Crippen LogP contribution in [0.2, 0.25) is 5.02 Å². The van der Waals surface area contributed by atoms with Crippen LogP contribution < -0.4 is 4.72 Å². The van der Waals surface area contributed by atoms with Crippen LogP contribution in [0.3, 0.4) is 0 Å². The fraction of sp³-hybridized carbons (Fsp3) is 0. The standard InChI is InChI=1S/C17H12ClNO4S/c18-15-9-8-11-4-1-2-7-14(11)16(15)24(22,23)19-13-6-3-5-12(10-13)17(20)21/h1-10,19H,(H,20,21). The molecule has 3 aromatic carbocycles. The van der Waals surface area contributed by atoms with Gasteiger partial charge < -0.3 is 5.11 Å². The first-order valence-corrected chi connectivity index (χ1v) is 8.78. The Hall–Kier alpha value is -2.57. The molecule has 0 aliphatic rings. The van der Waals surface area contributed by atoms with Crippen molar-refractivity contribution in [3.8, 4) is 0 Å². The minimum atomic E-state index is -3.99. The van der Waals surface area contributed by atoms with Gasteiger partial charge in [0.25, 0.3) is 10.0 Å². The summed E-state index contributed by atoms with van der Waals surface area (Å²) in [5, 5.41) is 10.3. The van der Waals surface area contributed by atoms with E-state index in [1.54, 1.807) is 30.3 Å². The summed E-state index contributed by atoms with van der Waals surface area (Å²) in [6.07, 6.45) is 0. The first-order valence-electron chi connectivity index (χ1n) is 6.92. The van der Waals surface area contributed by atoms with Crippen LogP contribution in [-0.4, -0.2) is 19.5 Å². The summed E-state index contributed by atoms with van der Waals surface area (Å²) in [6, 6.07) is 15.8. The third-order valence-corrected chi connectivity index (χ3v) is 5.37. The minimum absolute atomic E-state index is 0.0146. The Bertz CT molecular complexity index is 1050. The van der Waals surface area contributed by atoms with Gasteiger partial charge in [-0.1, -0.05) is 48.0 Å². The zero-order chi connectivity index (χ0) is 17.3. The van der Waals surface area contributed by atoms with Gasteiger partial charge in [0.05, 0.1) is 10.6 Å². The Morgan fingerprint density at radius 1 is 1.00 bits per heavy atom. The topological polar surface area (TPSA) is 83.5 Å². The van der Waals surface area contributed by atoms with Crippen molar-refractivity contribution in [2.75, 3.05) is 4.72 Å². The average molecular weight is 362 g/mol. The Balaban J connectivity index is 2.11. The maximum Gasteiger partial charge on any atom is 0.335 e. The highest BCUT2D eigenvalue weighted by Crippen LogP contribution is 2.31. The summed E-state index contributed by atoms with van der Waals surface area (Å²) < 4.78 is 27.9. The monoisotopic (exact) mass is 361 g/mol. The normalized spacial score (nSPS) is 11.4. The molecule has 5 nitrogen and oxygen atoms in total. The number of fused-ring (bicyclic) bond motifs is 1. The van der Waals surface area contributed by atoms with Gasteiger partial charge in [-0.15, -0.1) is 0 Å². The highest BCUT2D eigenvalue weighted by Gasteiger charge is 2.21. The second-order valence-corrected chi connectivity index (χ2v) is 7.12. The van der Waals surface area contributed by atoms with E-state index < -0.39 is 16.0 Å². The SMILES string of the molecule is O=C(O)c1cccc(NS(=O)(=O)c2c(Cl)ccc3ccccc23)c1. The zero-order valence-electron chi connectivity index (χ0n) is 12.2. The van der Waals surface area contributed by atoms with Gasteiger partial charge in [-0.25, -0.2) is 13.2 Å². The van der Waals surface area contributed by atoms with Crippen molar-refractivity contribution in [3.05, 3.63) is 71.2 Å². The Morgan fingerprint density at radius 2 is 1.75 bits per heavy atom. The largest absolute Gasteiger partial charge is 0.478 e. The number of carbonyl (C=O) groups is 1. The lowest BCUT2D eigenvalue weighted by atomic mass is 10.1. The number of hydrogen-bond acceptors (Lipinski definition) is 3. The molecule has 0 bridgehead atoms. The van der Waals surface area contributed by atoms with E-state index in [1.807, 2.05) is 0 Å². The molecule has 0 heterocycles. The molecule has 122 valence electrons. The van der Waals surface area contributed by atoms with Crippen LogP contribution in [0.4, 0.5) is 5.69 Å². The number of halogens is 1. The third-order valence-electron chi connectivity index (χ3n) is 3.46. The van der Waals surface area contributed by atoms with E-state index in [0.29, 0.717) is 5.39 Å². The number of benzene rings is 3. The number of carboxylic acids is 1. The molecule has 24 heavy (non-hydrogen) atoms. The van der Waals surface area contributed by atoms with Gasteiger partial charge in [0.15, 0.2) is 0 Å². The highest BCUT2D eigenvalue weighted by molar-refractivity contribution is 7.93. The Labute approximate surface area is 143 Å². The number of hydrogen-bond donors (Lipinski definition) is 2. The Morgan fingerprint density at radius 3 is 2.50 bits per heavy atom. The number of anilines is 1. The predicted octanol–water partition coefficient (Wildman–Crippen LogP) is 3.99. The fourth-order valence-corrected chi connectivity index (χ4v) is 4.22. The van der Waals surface area contributed by atoms with Crippen LogP contribution in [0, 0.1) is 0 Å². The molecular weight excluding hydrogens is 350 g/mol. The molecular formula is C17H12ClNO4S. The van der Waals surface area contributed by atoms with E-state index in [9.17, 15) is 13.2 Å². The van der Waals surface area contributed by atoms with Gasteiger partial charge in [0.1, 0.15) is 4.90 Å². The van der Waals surface area contributed by atoms with Gasteiger partial charge in [-0.3, -0.25) is 4.72 Å². The summed E-state index contributed by atoms with van der Waals surface area (Å²) in [5.74, 6) is -1.14. The lowest BCUT2D eigenvalue weighted by molar-refractivity contribution is 0.0697. The van der Waals surface area contributed by atoms with E-state index >= 15 is 0 Å². The molecule has 0 radical (unpaired) electrons. The molecule has 0 unspecified atom stereocenters. The van der Waals surface area contributed by atoms with Crippen LogP contribution in [0.5, 0.6) is 0 Å². The van der Waals surface area contributed by atoms with E-state index in [2.05, 4.69) is 4.72 Å². The lowest BCUT2D eigenvalue weighted by Gasteiger charge is -2.12. The van der Waals surface area contributed by atoms with Crippen molar-refractivity contribution in [1.82, 2.24) is 0 Å². The van der Waals surface area contributed by atoms with E-state index in [1.165, 1.54) is 30.3 Å². The summed E-state index contributed by atoms with van der Waals surface area (Å²) in [6.45, 7) is 0. The van der Waals surface area contributed by atoms with Crippen LogP contribution in [0.1, 0.15) is 10.4 Å². The van der Waals surface area contributed by atoms with Gasteiger partial charge in [-0.2, -0.15) is 0 Å². The molecule has 3 rings (SSSR count). The number of aromatic carboxylic acids is 1. The lowest BCUT2D eigenvalue weighted by Crippen LogP contribution is -2.14.